The van der Waals surface area contributed by atoms with E-state index in [1.165, 1.54) is 6.42 Å². The molecule has 0 unspecified atom stereocenters. The van der Waals surface area contributed by atoms with Gasteiger partial charge in [0, 0.05) is 31.2 Å². The molecule has 24 heavy (non-hydrogen) atoms. The van der Waals surface area contributed by atoms with Crippen molar-refractivity contribution in [1.82, 2.24) is 15.1 Å². The Kier molecular flexibility index (Phi) is 5.48. The lowest BCUT2D eigenvalue weighted by Crippen LogP contribution is -2.53. The summed E-state index contributed by atoms with van der Waals surface area (Å²) in [5.74, 6) is 1.35. The lowest BCUT2D eigenvalue weighted by Gasteiger charge is -2.36. The Hall–Kier alpha value is -1.10. The summed E-state index contributed by atoms with van der Waals surface area (Å²) in [5.41, 5.74) is 1.16. The fourth-order valence-electron chi connectivity index (χ4n) is 3.57. The van der Waals surface area contributed by atoms with Gasteiger partial charge in [0.25, 0.3) is 0 Å². The summed E-state index contributed by atoms with van der Waals surface area (Å²) in [6.07, 6.45) is 1.18. The number of likely N-dealkylation sites (N-methyl/N-ethyl adjacent to an activating group) is 1. The van der Waals surface area contributed by atoms with Crippen LogP contribution in [0.25, 0.3) is 0 Å². The molecule has 0 radical (unpaired) electrons. The van der Waals surface area contributed by atoms with E-state index in [0.717, 1.165) is 36.8 Å². The van der Waals surface area contributed by atoms with E-state index in [1.54, 1.807) is 0 Å². The van der Waals surface area contributed by atoms with Crippen LogP contribution in [0.15, 0.2) is 24.3 Å². The Morgan fingerprint density at radius 1 is 1.21 bits per heavy atom. The molecule has 1 saturated carbocycles. The van der Waals surface area contributed by atoms with E-state index in [-0.39, 0.29) is 18.0 Å². The van der Waals surface area contributed by atoms with Gasteiger partial charge in [0.1, 0.15) is 0 Å². The third kappa shape index (κ3) is 4.11. The van der Waals surface area contributed by atoms with Crippen LogP contribution in [0.5, 0.6) is 0 Å². The number of hydrogen-bond donors (Lipinski definition) is 1. The highest BCUT2D eigenvalue weighted by Crippen LogP contribution is 2.47. The average Bonchev–Trinajstić information content (AvgIpc) is 3.30. The fraction of sp³-hybridized carbons (Fsp3) is 0.632. The molecule has 1 saturated heterocycles. The van der Waals surface area contributed by atoms with Gasteiger partial charge in [-0.25, -0.2) is 0 Å². The van der Waals surface area contributed by atoms with Gasteiger partial charge in [-0.15, -0.1) is 0 Å². The first-order valence-corrected chi connectivity index (χ1v) is 9.32. The molecule has 2 fully saturated rings. The van der Waals surface area contributed by atoms with Gasteiger partial charge < -0.3 is 10.2 Å². The molecule has 1 amide bonds. The van der Waals surface area contributed by atoms with Crippen LogP contribution in [0.4, 0.5) is 0 Å². The summed E-state index contributed by atoms with van der Waals surface area (Å²) in [4.78, 5) is 17.4. The van der Waals surface area contributed by atoms with Crippen molar-refractivity contribution in [3.63, 3.8) is 0 Å². The molecule has 3 rings (SSSR count). The highest BCUT2D eigenvalue weighted by molar-refractivity contribution is 6.30. The molecular weight excluding hydrogens is 322 g/mol. The molecule has 1 aliphatic carbocycles. The summed E-state index contributed by atoms with van der Waals surface area (Å²) >= 11 is 6.01. The predicted octanol–water partition coefficient (Wildman–Crippen LogP) is 2.79. The Bertz CT molecular complexity index is 568. The van der Waals surface area contributed by atoms with Crippen LogP contribution >= 0.6 is 11.6 Å². The lowest BCUT2D eigenvalue weighted by atomic mass is 10.0. The molecule has 5 heteroatoms. The molecule has 2 aliphatic rings. The maximum atomic E-state index is 12.8. The number of carbonyl (C=O) groups excluding carboxylic acids is 1. The number of halogens is 1. The van der Waals surface area contributed by atoms with Crippen molar-refractivity contribution in [2.45, 2.75) is 32.4 Å². The second kappa shape index (κ2) is 7.42. The van der Waals surface area contributed by atoms with Crippen molar-refractivity contribution in [3.05, 3.63) is 34.9 Å². The van der Waals surface area contributed by atoms with E-state index in [1.807, 2.05) is 31.2 Å². The molecule has 0 bridgehead atoms. The first-order chi connectivity index (χ1) is 11.5. The Morgan fingerprint density at radius 2 is 1.79 bits per heavy atom. The van der Waals surface area contributed by atoms with E-state index in [4.69, 9.17) is 11.6 Å². The number of benzene rings is 1. The van der Waals surface area contributed by atoms with Crippen molar-refractivity contribution in [2.75, 3.05) is 33.2 Å². The van der Waals surface area contributed by atoms with Gasteiger partial charge in [0.05, 0.1) is 12.1 Å². The Labute approximate surface area is 150 Å². The molecule has 0 spiro atoms. The van der Waals surface area contributed by atoms with Gasteiger partial charge in [0.15, 0.2) is 0 Å². The standard InChI is InChI=1S/C19H28ClN3O/c1-13-12-17(13)18(15-4-6-16(20)7-5-15)21-19(24)14(2)23-10-8-22(3)9-11-23/h4-7,13-14,17-18H,8-12H2,1-3H3,(H,21,24)/t13-,14+,17+,18+/m1/s1. The number of rotatable bonds is 5. The lowest BCUT2D eigenvalue weighted by molar-refractivity contribution is -0.127. The van der Waals surface area contributed by atoms with Crippen molar-refractivity contribution in [1.29, 1.82) is 0 Å². The van der Waals surface area contributed by atoms with Crippen LogP contribution in [-0.2, 0) is 4.79 Å². The summed E-state index contributed by atoms with van der Waals surface area (Å²) in [6, 6.07) is 7.92. The molecule has 1 N–H and O–H groups in total. The van der Waals surface area contributed by atoms with E-state index in [2.05, 4.69) is 29.1 Å². The highest BCUT2D eigenvalue weighted by atomic mass is 35.5. The van der Waals surface area contributed by atoms with E-state index >= 15 is 0 Å². The zero-order valence-electron chi connectivity index (χ0n) is 14.8. The minimum atomic E-state index is -0.0810. The molecule has 0 aromatic heterocycles. The summed E-state index contributed by atoms with van der Waals surface area (Å²) in [7, 11) is 2.13. The average molecular weight is 350 g/mol. The first kappa shape index (κ1) is 17.7. The van der Waals surface area contributed by atoms with Crippen LogP contribution < -0.4 is 5.32 Å². The van der Waals surface area contributed by atoms with Gasteiger partial charge in [-0.05, 0) is 49.9 Å². The quantitative estimate of drug-likeness (QED) is 0.887. The van der Waals surface area contributed by atoms with Crippen LogP contribution in [0, 0.1) is 11.8 Å². The van der Waals surface area contributed by atoms with Crippen molar-refractivity contribution < 1.29 is 4.79 Å². The van der Waals surface area contributed by atoms with Crippen molar-refractivity contribution in [3.8, 4) is 0 Å². The molecule has 4 atom stereocenters. The maximum absolute atomic E-state index is 12.8. The smallest absolute Gasteiger partial charge is 0.237 e. The van der Waals surface area contributed by atoms with E-state index in [9.17, 15) is 4.79 Å². The van der Waals surface area contributed by atoms with Gasteiger partial charge in [-0.3, -0.25) is 9.69 Å². The summed E-state index contributed by atoms with van der Waals surface area (Å²) in [6.45, 7) is 8.24. The molecular formula is C19H28ClN3O. The second-order valence-electron chi connectivity index (χ2n) is 7.43. The topological polar surface area (TPSA) is 35.6 Å². The molecule has 132 valence electrons. The second-order valence-corrected chi connectivity index (χ2v) is 7.87. The number of carbonyl (C=O) groups is 1. The van der Waals surface area contributed by atoms with Crippen molar-refractivity contribution in [2.24, 2.45) is 11.8 Å². The molecule has 1 aliphatic heterocycles. The molecule has 1 aromatic carbocycles. The molecule has 1 aromatic rings. The fourth-order valence-corrected chi connectivity index (χ4v) is 3.70. The predicted molar refractivity (Wildman–Crippen MR) is 98.1 cm³/mol. The SMILES string of the molecule is C[C@@H]1C[C@@H]1[C@@H](NC(=O)[C@H](C)N1CCN(C)CC1)c1ccc(Cl)cc1. The van der Waals surface area contributed by atoms with E-state index < -0.39 is 0 Å². The number of nitrogens with one attached hydrogen (secondary N) is 1. The third-order valence-corrected chi connectivity index (χ3v) is 5.84. The van der Waals surface area contributed by atoms with Crippen LogP contribution in [-0.4, -0.2) is 55.0 Å². The summed E-state index contributed by atoms with van der Waals surface area (Å²) in [5, 5.41) is 4.05. The first-order valence-electron chi connectivity index (χ1n) is 8.94. The van der Waals surface area contributed by atoms with Crippen molar-refractivity contribution >= 4 is 17.5 Å². The Morgan fingerprint density at radius 3 is 2.33 bits per heavy atom. The van der Waals surface area contributed by atoms with Gasteiger partial charge in [-0.1, -0.05) is 30.7 Å². The van der Waals surface area contributed by atoms with Crippen LogP contribution in [0.1, 0.15) is 31.9 Å². The summed E-state index contributed by atoms with van der Waals surface area (Å²) < 4.78 is 0. The zero-order valence-corrected chi connectivity index (χ0v) is 15.6. The maximum Gasteiger partial charge on any atom is 0.237 e. The van der Waals surface area contributed by atoms with Gasteiger partial charge in [-0.2, -0.15) is 0 Å². The normalized spacial score (nSPS) is 27.5. The largest absolute Gasteiger partial charge is 0.348 e. The third-order valence-electron chi connectivity index (χ3n) is 5.59. The Balaban J connectivity index is 1.66. The number of hydrogen-bond acceptors (Lipinski definition) is 3. The van der Waals surface area contributed by atoms with E-state index in [0.29, 0.717) is 11.8 Å². The van der Waals surface area contributed by atoms with Crippen LogP contribution in [0.2, 0.25) is 5.02 Å². The molecule has 4 nitrogen and oxygen atoms in total. The number of nitrogens with zero attached hydrogens (tertiary/aromatic N) is 2. The van der Waals surface area contributed by atoms with Crippen LogP contribution in [0.3, 0.4) is 0 Å². The van der Waals surface area contributed by atoms with Gasteiger partial charge in [0.2, 0.25) is 5.91 Å². The monoisotopic (exact) mass is 349 g/mol. The number of amides is 1. The number of piperazine rings is 1. The highest BCUT2D eigenvalue weighted by Gasteiger charge is 2.41. The van der Waals surface area contributed by atoms with Gasteiger partial charge >= 0.3 is 0 Å². The minimum absolute atomic E-state index is 0.0810. The minimum Gasteiger partial charge on any atom is -0.348 e. The zero-order chi connectivity index (χ0) is 17.3. The molecule has 1 heterocycles.